The number of rotatable bonds is 8. The normalized spacial score (nSPS) is 20.7. The predicted molar refractivity (Wildman–Crippen MR) is 96.7 cm³/mol. The van der Waals surface area contributed by atoms with Gasteiger partial charge in [0, 0.05) is 39.2 Å². The minimum Gasteiger partial charge on any atom is -0.493 e. The van der Waals surface area contributed by atoms with Crippen molar-refractivity contribution in [1.29, 1.82) is 0 Å². The number of hydrogen-bond donors (Lipinski definition) is 2. The van der Waals surface area contributed by atoms with Crippen LogP contribution >= 0.6 is 0 Å². The van der Waals surface area contributed by atoms with E-state index in [0.29, 0.717) is 32.2 Å². The largest absolute Gasteiger partial charge is 0.493 e. The third kappa shape index (κ3) is 5.09. The van der Waals surface area contributed by atoms with E-state index in [1.807, 2.05) is 18.2 Å². The minimum absolute atomic E-state index is 0.00318. The van der Waals surface area contributed by atoms with Crippen LogP contribution in [0.1, 0.15) is 19.4 Å². The van der Waals surface area contributed by atoms with Crippen molar-refractivity contribution in [1.82, 2.24) is 10.2 Å². The standard InChI is InChI=1S/C19H30N2O4/c1-13(2)12-25-17-6-5-14(7-18(17)24-4)8-21-9-15(11-22)16(10-21)19(23)20-3/h5-7,13,15-16,22H,8-12H2,1-4H3,(H,20,23)/t15-,16+/m0/s1. The van der Waals surface area contributed by atoms with Gasteiger partial charge in [-0.15, -0.1) is 0 Å². The summed E-state index contributed by atoms with van der Waals surface area (Å²) in [4.78, 5) is 14.2. The van der Waals surface area contributed by atoms with Crippen molar-refractivity contribution in [2.45, 2.75) is 20.4 Å². The Balaban J connectivity index is 2.04. The molecular weight excluding hydrogens is 320 g/mol. The van der Waals surface area contributed by atoms with Gasteiger partial charge in [0.15, 0.2) is 11.5 Å². The van der Waals surface area contributed by atoms with E-state index in [9.17, 15) is 9.90 Å². The number of methoxy groups -OCH3 is 1. The van der Waals surface area contributed by atoms with Gasteiger partial charge in [-0.3, -0.25) is 9.69 Å². The van der Waals surface area contributed by atoms with Crippen molar-refractivity contribution in [3.05, 3.63) is 23.8 Å². The zero-order valence-corrected chi connectivity index (χ0v) is 15.6. The molecule has 2 N–H and O–H groups in total. The molecule has 6 heteroatoms. The van der Waals surface area contributed by atoms with E-state index in [2.05, 4.69) is 24.1 Å². The maximum absolute atomic E-state index is 12.0. The molecule has 2 atom stereocenters. The molecule has 0 saturated carbocycles. The van der Waals surface area contributed by atoms with Crippen LogP contribution in [0.15, 0.2) is 18.2 Å². The molecule has 0 aromatic heterocycles. The molecule has 0 unspecified atom stereocenters. The molecule has 1 aromatic carbocycles. The van der Waals surface area contributed by atoms with Crippen LogP contribution in [0.5, 0.6) is 11.5 Å². The third-order valence-electron chi connectivity index (χ3n) is 4.54. The van der Waals surface area contributed by atoms with Crippen LogP contribution in [0.4, 0.5) is 0 Å². The molecule has 0 spiro atoms. The van der Waals surface area contributed by atoms with Gasteiger partial charge in [0.05, 0.1) is 19.6 Å². The van der Waals surface area contributed by atoms with Gasteiger partial charge in [-0.05, 0) is 23.6 Å². The Hall–Kier alpha value is -1.79. The quantitative estimate of drug-likeness (QED) is 0.744. The summed E-state index contributed by atoms with van der Waals surface area (Å²) in [7, 11) is 3.28. The number of carbonyl (C=O) groups excluding carboxylic acids is 1. The summed E-state index contributed by atoms with van der Waals surface area (Å²) >= 11 is 0. The first-order valence-electron chi connectivity index (χ1n) is 8.83. The molecule has 1 aliphatic rings. The minimum atomic E-state index is -0.162. The fourth-order valence-corrected chi connectivity index (χ4v) is 3.20. The van der Waals surface area contributed by atoms with Crippen molar-refractivity contribution in [2.24, 2.45) is 17.8 Å². The fourth-order valence-electron chi connectivity index (χ4n) is 3.20. The molecule has 1 aromatic rings. The smallest absolute Gasteiger partial charge is 0.224 e. The van der Waals surface area contributed by atoms with Gasteiger partial charge < -0.3 is 19.9 Å². The van der Waals surface area contributed by atoms with Crippen molar-refractivity contribution in [2.75, 3.05) is 40.5 Å². The van der Waals surface area contributed by atoms with Crippen LogP contribution in [-0.4, -0.2) is 56.4 Å². The van der Waals surface area contributed by atoms with Crippen LogP contribution in [0.2, 0.25) is 0 Å². The van der Waals surface area contributed by atoms with E-state index in [1.54, 1.807) is 14.2 Å². The van der Waals surface area contributed by atoms with Gasteiger partial charge in [-0.2, -0.15) is 0 Å². The summed E-state index contributed by atoms with van der Waals surface area (Å²) in [5.74, 6) is 1.74. The molecule has 25 heavy (non-hydrogen) atoms. The third-order valence-corrected chi connectivity index (χ3v) is 4.54. The molecular formula is C19H30N2O4. The number of aliphatic hydroxyl groups is 1. The first-order chi connectivity index (χ1) is 12.0. The van der Waals surface area contributed by atoms with Gasteiger partial charge >= 0.3 is 0 Å². The second kappa shape index (κ2) is 9.06. The summed E-state index contributed by atoms with van der Waals surface area (Å²) in [6, 6.07) is 5.95. The highest BCUT2D eigenvalue weighted by atomic mass is 16.5. The monoisotopic (exact) mass is 350 g/mol. The van der Waals surface area contributed by atoms with E-state index in [-0.39, 0.29) is 24.3 Å². The summed E-state index contributed by atoms with van der Waals surface area (Å²) < 4.78 is 11.2. The molecule has 0 radical (unpaired) electrons. The lowest BCUT2D eigenvalue weighted by Crippen LogP contribution is -2.33. The summed E-state index contributed by atoms with van der Waals surface area (Å²) in [6.07, 6.45) is 0. The van der Waals surface area contributed by atoms with E-state index in [0.717, 1.165) is 17.1 Å². The average molecular weight is 350 g/mol. The molecule has 0 bridgehead atoms. The Morgan fingerprint density at radius 1 is 1.36 bits per heavy atom. The Morgan fingerprint density at radius 2 is 2.12 bits per heavy atom. The SMILES string of the molecule is CNC(=O)[C@@H]1CN(Cc2ccc(OCC(C)C)c(OC)c2)C[C@H]1CO. The number of likely N-dealkylation sites (tertiary alicyclic amines) is 1. The summed E-state index contributed by atoms with van der Waals surface area (Å²) in [6.45, 7) is 6.96. The Bertz CT molecular complexity index is 577. The Labute approximate surface area is 150 Å². The number of aliphatic hydroxyl groups excluding tert-OH is 1. The Kier molecular flexibility index (Phi) is 7.08. The molecule has 1 fully saturated rings. The highest BCUT2D eigenvalue weighted by Crippen LogP contribution is 2.30. The van der Waals surface area contributed by atoms with Gasteiger partial charge in [-0.25, -0.2) is 0 Å². The second-order valence-corrected chi connectivity index (χ2v) is 7.05. The van der Waals surface area contributed by atoms with E-state index < -0.39 is 0 Å². The number of carbonyl (C=O) groups is 1. The maximum atomic E-state index is 12.0. The van der Waals surface area contributed by atoms with E-state index >= 15 is 0 Å². The van der Waals surface area contributed by atoms with Crippen molar-refractivity contribution >= 4 is 5.91 Å². The highest BCUT2D eigenvalue weighted by Gasteiger charge is 2.36. The van der Waals surface area contributed by atoms with Crippen LogP contribution in [0.3, 0.4) is 0 Å². The van der Waals surface area contributed by atoms with Crippen molar-refractivity contribution < 1.29 is 19.4 Å². The average Bonchev–Trinajstić information content (AvgIpc) is 3.02. The van der Waals surface area contributed by atoms with E-state index in [4.69, 9.17) is 9.47 Å². The molecule has 2 rings (SSSR count). The van der Waals surface area contributed by atoms with Crippen LogP contribution in [0.25, 0.3) is 0 Å². The number of amides is 1. The van der Waals surface area contributed by atoms with Gasteiger partial charge in [-0.1, -0.05) is 19.9 Å². The number of ether oxygens (including phenoxy) is 2. The maximum Gasteiger partial charge on any atom is 0.224 e. The first-order valence-corrected chi connectivity index (χ1v) is 8.83. The zero-order chi connectivity index (χ0) is 18.4. The van der Waals surface area contributed by atoms with Crippen LogP contribution in [-0.2, 0) is 11.3 Å². The summed E-state index contributed by atoms with van der Waals surface area (Å²) in [5, 5.41) is 12.2. The van der Waals surface area contributed by atoms with Crippen LogP contribution < -0.4 is 14.8 Å². The molecule has 6 nitrogen and oxygen atoms in total. The fraction of sp³-hybridized carbons (Fsp3) is 0.632. The lowest BCUT2D eigenvalue weighted by molar-refractivity contribution is -0.125. The van der Waals surface area contributed by atoms with Gasteiger partial charge in [0.25, 0.3) is 0 Å². The van der Waals surface area contributed by atoms with Crippen LogP contribution in [0, 0.1) is 17.8 Å². The molecule has 1 heterocycles. The number of nitrogens with one attached hydrogen (secondary N) is 1. The first kappa shape index (κ1) is 19.5. The van der Waals surface area contributed by atoms with Gasteiger partial charge in [0.2, 0.25) is 5.91 Å². The van der Waals surface area contributed by atoms with Crippen molar-refractivity contribution in [3.63, 3.8) is 0 Å². The lowest BCUT2D eigenvalue weighted by atomic mass is 9.96. The molecule has 140 valence electrons. The topological polar surface area (TPSA) is 71.0 Å². The second-order valence-electron chi connectivity index (χ2n) is 7.05. The molecule has 0 aliphatic carbocycles. The molecule has 1 amide bonds. The molecule has 1 aliphatic heterocycles. The number of nitrogens with zero attached hydrogens (tertiary/aromatic N) is 1. The van der Waals surface area contributed by atoms with E-state index in [1.165, 1.54) is 0 Å². The highest BCUT2D eigenvalue weighted by molar-refractivity contribution is 5.79. The number of benzene rings is 1. The van der Waals surface area contributed by atoms with Crippen molar-refractivity contribution in [3.8, 4) is 11.5 Å². The predicted octanol–water partition coefficient (Wildman–Crippen LogP) is 1.52. The lowest BCUT2D eigenvalue weighted by Gasteiger charge is -2.18. The zero-order valence-electron chi connectivity index (χ0n) is 15.6. The number of hydrogen-bond acceptors (Lipinski definition) is 5. The molecule has 1 saturated heterocycles. The van der Waals surface area contributed by atoms with Gasteiger partial charge in [0.1, 0.15) is 0 Å². The Morgan fingerprint density at radius 3 is 2.72 bits per heavy atom. The summed E-state index contributed by atoms with van der Waals surface area (Å²) in [5.41, 5.74) is 1.10.